The zero-order valence-corrected chi connectivity index (χ0v) is 10.2. The highest BCUT2D eigenvalue weighted by Gasteiger charge is 2.21. The summed E-state index contributed by atoms with van der Waals surface area (Å²) in [6, 6.07) is 0. The highest BCUT2D eigenvalue weighted by atomic mass is 16.5. The summed E-state index contributed by atoms with van der Waals surface area (Å²) in [6.07, 6.45) is 4.35. The highest BCUT2D eigenvalue weighted by molar-refractivity contribution is 5.93. The Kier molecular flexibility index (Phi) is 4.80. The summed E-state index contributed by atoms with van der Waals surface area (Å²) in [4.78, 5) is 5.45. The zero-order chi connectivity index (χ0) is 12.0. The molecule has 4 heteroatoms. The van der Waals surface area contributed by atoms with Crippen molar-refractivity contribution in [2.45, 2.75) is 27.2 Å². The quantitative estimate of drug-likeness (QED) is 0.528. The summed E-state index contributed by atoms with van der Waals surface area (Å²) in [7, 11) is 0. The molecule has 0 heterocycles. The molecule has 0 aliphatic heterocycles. The second kappa shape index (κ2) is 6.13. The average molecular weight is 221 g/mol. The lowest BCUT2D eigenvalue weighted by Crippen LogP contribution is -2.25. The molecule has 0 aromatic rings. The van der Waals surface area contributed by atoms with Gasteiger partial charge in [-0.2, -0.15) is 4.79 Å². The molecule has 0 aromatic heterocycles. The van der Waals surface area contributed by atoms with Gasteiger partial charge in [-0.15, -0.1) is 0 Å². The first-order valence-electron chi connectivity index (χ1n) is 5.76. The molecule has 0 saturated carbocycles. The summed E-state index contributed by atoms with van der Waals surface area (Å²) in [5, 5.41) is 0. The van der Waals surface area contributed by atoms with Gasteiger partial charge in [0.25, 0.3) is 5.71 Å². The Bertz CT molecular complexity index is 347. The molecule has 0 N–H and O–H groups in total. The lowest BCUT2D eigenvalue weighted by molar-refractivity contribution is -0.00705. The molecule has 0 saturated heterocycles. The lowest BCUT2D eigenvalue weighted by Gasteiger charge is -2.26. The van der Waals surface area contributed by atoms with Crippen molar-refractivity contribution < 1.29 is 9.53 Å². The molecule has 1 aliphatic carbocycles. The number of allylic oxidation sites excluding steroid dienone is 3. The van der Waals surface area contributed by atoms with E-state index in [1.54, 1.807) is 0 Å². The monoisotopic (exact) mass is 221 g/mol. The number of nitrogens with zero attached hydrogens (tertiary/aromatic N) is 3. The van der Waals surface area contributed by atoms with Gasteiger partial charge in [-0.1, -0.05) is 0 Å². The Morgan fingerprint density at radius 1 is 1.31 bits per heavy atom. The molecule has 0 bridgehead atoms. The Labute approximate surface area is 96.8 Å². The van der Waals surface area contributed by atoms with Gasteiger partial charge in [0, 0.05) is 19.2 Å². The Morgan fingerprint density at radius 2 is 2.00 bits per heavy atom. The van der Waals surface area contributed by atoms with E-state index >= 15 is 0 Å². The van der Waals surface area contributed by atoms with Crippen molar-refractivity contribution in [1.29, 1.82) is 0 Å². The van der Waals surface area contributed by atoms with Crippen molar-refractivity contribution in [3.8, 4) is 0 Å². The van der Waals surface area contributed by atoms with Gasteiger partial charge in [0.15, 0.2) is 0 Å². The van der Waals surface area contributed by atoms with E-state index in [2.05, 4.69) is 23.5 Å². The summed E-state index contributed by atoms with van der Waals surface area (Å²) in [6.45, 7) is 8.71. The van der Waals surface area contributed by atoms with Gasteiger partial charge in [0.1, 0.15) is 12.2 Å². The van der Waals surface area contributed by atoms with Crippen molar-refractivity contribution in [3.05, 3.63) is 29.1 Å². The largest absolute Gasteiger partial charge is 0.495 e. The minimum atomic E-state index is 0.562. The van der Waals surface area contributed by atoms with Crippen LogP contribution in [-0.4, -0.2) is 35.1 Å². The predicted octanol–water partition coefficient (Wildman–Crippen LogP) is 2.21. The van der Waals surface area contributed by atoms with Crippen LogP contribution in [0.1, 0.15) is 27.2 Å². The van der Waals surface area contributed by atoms with Gasteiger partial charge in [0.2, 0.25) is 0 Å². The first-order valence-corrected chi connectivity index (χ1v) is 5.76. The van der Waals surface area contributed by atoms with Crippen LogP contribution < -0.4 is 0 Å². The molecule has 88 valence electrons. The van der Waals surface area contributed by atoms with Crippen LogP contribution in [0.2, 0.25) is 0 Å². The van der Waals surface area contributed by atoms with Crippen LogP contribution in [0.4, 0.5) is 0 Å². The number of hydrogen-bond acceptors (Lipinski definition) is 2. The molecule has 4 nitrogen and oxygen atoms in total. The standard InChI is InChI=1S/C12H19N3O/c1-4-15(5-2)11-8-7-10(14-13)9-12(11)16-6-3/h7-8H,4-6,9H2,1-3H3. The van der Waals surface area contributed by atoms with E-state index in [0.717, 1.165) is 24.5 Å². The molecular weight excluding hydrogens is 202 g/mol. The van der Waals surface area contributed by atoms with Gasteiger partial charge in [0.05, 0.1) is 12.3 Å². The lowest BCUT2D eigenvalue weighted by atomic mass is 10.1. The van der Waals surface area contributed by atoms with Crippen molar-refractivity contribution in [3.63, 3.8) is 0 Å². The number of hydrogen-bond donors (Lipinski definition) is 0. The highest BCUT2D eigenvalue weighted by Crippen LogP contribution is 2.21. The normalized spacial score (nSPS) is 15.1. The SMILES string of the molecule is CCOC1=C(N(CC)CC)C=CC(=[N+]=[N-])C1. The predicted molar refractivity (Wildman–Crippen MR) is 64.0 cm³/mol. The smallest absolute Gasteiger partial charge is 0.299 e. The van der Waals surface area contributed by atoms with Gasteiger partial charge in [-0.3, -0.25) is 0 Å². The summed E-state index contributed by atoms with van der Waals surface area (Å²) < 4.78 is 5.61. The Morgan fingerprint density at radius 3 is 2.50 bits per heavy atom. The second-order valence-corrected chi connectivity index (χ2v) is 3.52. The third-order valence-corrected chi connectivity index (χ3v) is 2.61. The van der Waals surface area contributed by atoms with E-state index in [4.69, 9.17) is 10.3 Å². The van der Waals surface area contributed by atoms with Crippen LogP contribution in [0, 0.1) is 0 Å². The van der Waals surface area contributed by atoms with Gasteiger partial charge < -0.3 is 15.2 Å². The minimum Gasteiger partial charge on any atom is -0.495 e. The van der Waals surface area contributed by atoms with Gasteiger partial charge >= 0.3 is 0 Å². The first-order chi connectivity index (χ1) is 7.76. The van der Waals surface area contributed by atoms with Crippen LogP contribution in [0.15, 0.2) is 23.6 Å². The molecule has 16 heavy (non-hydrogen) atoms. The van der Waals surface area contributed by atoms with E-state index < -0.39 is 0 Å². The fraction of sp³-hybridized carbons (Fsp3) is 0.583. The molecular formula is C12H19N3O. The molecule has 0 radical (unpaired) electrons. The van der Waals surface area contributed by atoms with E-state index in [-0.39, 0.29) is 0 Å². The van der Waals surface area contributed by atoms with Crippen molar-refractivity contribution in [2.75, 3.05) is 19.7 Å². The molecule has 0 fully saturated rings. The second-order valence-electron chi connectivity index (χ2n) is 3.52. The van der Waals surface area contributed by atoms with Crippen molar-refractivity contribution >= 4 is 5.71 Å². The summed E-state index contributed by atoms with van der Waals surface area (Å²) in [5.41, 5.74) is 10.5. The third-order valence-electron chi connectivity index (χ3n) is 2.61. The first kappa shape index (κ1) is 12.5. The molecule has 0 atom stereocenters. The minimum absolute atomic E-state index is 0.562. The van der Waals surface area contributed by atoms with E-state index in [9.17, 15) is 0 Å². The molecule has 0 unspecified atom stereocenters. The molecule has 1 aliphatic rings. The molecule has 0 amide bonds. The third kappa shape index (κ3) is 2.74. The summed E-state index contributed by atoms with van der Waals surface area (Å²) in [5.74, 6) is 0.890. The van der Waals surface area contributed by atoms with Crippen LogP contribution in [-0.2, 0) is 4.74 Å². The summed E-state index contributed by atoms with van der Waals surface area (Å²) >= 11 is 0. The fourth-order valence-electron chi connectivity index (χ4n) is 1.80. The van der Waals surface area contributed by atoms with Crippen molar-refractivity contribution in [2.24, 2.45) is 0 Å². The van der Waals surface area contributed by atoms with Crippen molar-refractivity contribution in [1.82, 2.24) is 4.90 Å². The van der Waals surface area contributed by atoms with Gasteiger partial charge in [-0.05, 0) is 26.8 Å². The van der Waals surface area contributed by atoms with E-state index in [1.165, 1.54) is 0 Å². The molecule has 1 rings (SSSR count). The fourth-order valence-corrected chi connectivity index (χ4v) is 1.80. The maximum absolute atomic E-state index is 8.76. The van der Waals surface area contributed by atoms with Crippen LogP contribution in [0.25, 0.3) is 5.53 Å². The Hall–Kier alpha value is -1.54. The Balaban J connectivity index is 3.00. The van der Waals surface area contributed by atoms with Crippen LogP contribution in [0.3, 0.4) is 0 Å². The number of ether oxygens (including phenoxy) is 1. The van der Waals surface area contributed by atoms with Crippen LogP contribution in [0.5, 0.6) is 0 Å². The number of rotatable bonds is 5. The van der Waals surface area contributed by atoms with E-state index in [0.29, 0.717) is 18.7 Å². The molecule has 0 aromatic carbocycles. The number of likely N-dealkylation sites (N-methyl/N-ethyl adjacent to an activating group) is 1. The van der Waals surface area contributed by atoms with Gasteiger partial charge in [-0.25, -0.2) is 0 Å². The maximum atomic E-state index is 8.76. The maximum Gasteiger partial charge on any atom is 0.299 e. The topological polar surface area (TPSA) is 48.9 Å². The zero-order valence-electron chi connectivity index (χ0n) is 10.2. The van der Waals surface area contributed by atoms with E-state index in [1.807, 2.05) is 19.1 Å². The molecule has 0 spiro atoms. The van der Waals surface area contributed by atoms with Crippen LogP contribution >= 0.6 is 0 Å². The average Bonchev–Trinajstić information content (AvgIpc) is 2.32.